The predicted molar refractivity (Wildman–Crippen MR) is 91.5 cm³/mol. The number of rotatable bonds is 3. The van der Waals surface area contributed by atoms with Gasteiger partial charge in [-0.3, -0.25) is 4.90 Å². The number of carbonyl (C=O) groups excluding carboxylic acids is 1. The maximum Gasteiger partial charge on any atom is 0.408 e. The first kappa shape index (κ1) is 18.5. The SMILES string of the molecule is CC(C)(C)OC(=O)NC1(C)CCC(CN2CCOCC2)C1(C)C. The lowest BCUT2D eigenvalue weighted by Gasteiger charge is -2.44. The van der Waals surface area contributed by atoms with Gasteiger partial charge >= 0.3 is 6.09 Å². The van der Waals surface area contributed by atoms with Gasteiger partial charge < -0.3 is 14.8 Å². The lowest BCUT2D eigenvalue weighted by Crippen LogP contribution is -2.56. The van der Waals surface area contributed by atoms with Crippen molar-refractivity contribution in [3.63, 3.8) is 0 Å². The second-order valence-corrected chi connectivity index (χ2v) is 8.83. The van der Waals surface area contributed by atoms with Gasteiger partial charge in [0.25, 0.3) is 0 Å². The minimum atomic E-state index is -0.462. The molecular weight excluding hydrogens is 292 g/mol. The molecule has 2 atom stereocenters. The van der Waals surface area contributed by atoms with E-state index in [0.29, 0.717) is 5.92 Å². The molecule has 2 rings (SSSR count). The molecule has 2 unspecified atom stereocenters. The van der Waals surface area contributed by atoms with Crippen LogP contribution in [0.3, 0.4) is 0 Å². The fraction of sp³-hybridized carbons (Fsp3) is 0.944. The fourth-order valence-corrected chi connectivity index (χ4v) is 3.76. The lowest BCUT2D eigenvalue weighted by atomic mass is 9.71. The van der Waals surface area contributed by atoms with E-state index in [0.717, 1.165) is 45.7 Å². The molecule has 1 heterocycles. The highest BCUT2D eigenvalue weighted by Gasteiger charge is 2.52. The first-order valence-electron chi connectivity index (χ1n) is 8.85. The molecule has 23 heavy (non-hydrogen) atoms. The average Bonchev–Trinajstić information content (AvgIpc) is 2.61. The van der Waals surface area contributed by atoms with Crippen LogP contribution in [-0.2, 0) is 9.47 Å². The molecule has 2 fully saturated rings. The summed E-state index contributed by atoms with van der Waals surface area (Å²) in [6, 6.07) is 0. The zero-order chi connectivity index (χ0) is 17.3. The summed E-state index contributed by atoms with van der Waals surface area (Å²) in [5.74, 6) is 0.570. The third-order valence-corrected chi connectivity index (χ3v) is 5.79. The molecular formula is C18H34N2O3. The van der Waals surface area contributed by atoms with Gasteiger partial charge in [-0.05, 0) is 51.9 Å². The van der Waals surface area contributed by atoms with Crippen molar-refractivity contribution in [2.75, 3.05) is 32.8 Å². The minimum absolute atomic E-state index is 0.0300. The maximum atomic E-state index is 12.2. The average molecular weight is 326 g/mol. The number of amides is 1. The number of nitrogens with zero attached hydrogens (tertiary/aromatic N) is 1. The Labute approximate surface area is 141 Å². The van der Waals surface area contributed by atoms with Crippen LogP contribution in [-0.4, -0.2) is 55.0 Å². The van der Waals surface area contributed by atoms with E-state index in [1.807, 2.05) is 20.8 Å². The largest absolute Gasteiger partial charge is 0.444 e. The van der Waals surface area contributed by atoms with E-state index >= 15 is 0 Å². The maximum absolute atomic E-state index is 12.2. The molecule has 5 heteroatoms. The Bertz CT molecular complexity index is 424. The second-order valence-electron chi connectivity index (χ2n) is 8.83. The van der Waals surface area contributed by atoms with E-state index < -0.39 is 5.60 Å². The minimum Gasteiger partial charge on any atom is -0.444 e. The number of nitrogens with one attached hydrogen (secondary N) is 1. The fourth-order valence-electron chi connectivity index (χ4n) is 3.76. The van der Waals surface area contributed by atoms with Gasteiger partial charge in [-0.25, -0.2) is 4.79 Å². The molecule has 1 aliphatic heterocycles. The highest BCUT2D eigenvalue weighted by atomic mass is 16.6. The Balaban J connectivity index is 1.98. The van der Waals surface area contributed by atoms with Gasteiger partial charge in [0.2, 0.25) is 0 Å². The molecule has 0 aromatic rings. The van der Waals surface area contributed by atoms with Crippen LogP contribution in [0.15, 0.2) is 0 Å². The lowest BCUT2D eigenvalue weighted by molar-refractivity contribution is 0.0115. The Kier molecular flexibility index (Phi) is 5.31. The molecule has 0 aromatic heterocycles. The summed E-state index contributed by atoms with van der Waals surface area (Å²) in [6.45, 7) is 17.2. The Morgan fingerprint density at radius 1 is 1.26 bits per heavy atom. The zero-order valence-electron chi connectivity index (χ0n) is 15.7. The summed E-state index contributed by atoms with van der Waals surface area (Å²) in [4.78, 5) is 14.7. The van der Waals surface area contributed by atoms with Crippen molar-refractivity contribution >= 4 is 6.09 Å². The smallest absolute Gasteiger partial charge is 0.408 e. The summed E-state index contributed by atoms with van der Waals surface area (Å²) in [6.07, 6.45) is 1.82. The van der Waals surface area contributed by atoms with Gasteiger partial charge in [0.15, 0.2) is 0 Å². The summed E-state index contributed by atoms with van der Waals surface area (Å²) >= 11 is 0. The predicted octanol–water partition coefficient (Wildman–Crippen LogP) is 3.04. The van der Waals surface area contributed by atoms with E-state index in [1.165, 1.54) is 0 Å². The summed E-state index contributed by atoms with van der Waals surface area (Å²) in [7, 11) is 0. The van der Waals surface area contributed by atoms with Crippen LogP contribution < -0.4 is 5.32 Å². The van der Waals surface area contributed by atoms with Gasteiger partial charge in [0.05, 0.1) is 13.2 Å². The summed E-state index contributed by atoms with van der Waals surface area (Å²) < 4.78 is 10.9. The van der Waals surface area contributed by atoms with Crippen LogP contribution in [0.2, 0.25) is 0 Å². The molecule has 0 bridgehead atoms. The topological polar surface area (TPSA) is 50.8 Å². The standard InChI is InChI=1S/C18H34N2O3/c1-16(2,3)23-15(21)19-18(6)8-7-14(17(18,4)5)13-20-9-11-22-12-10-20/h14H,7-13H2,1-6H3,(H,19,21). The first-order chi connectivity index (χ1) is 10.5. The highest BCUT2D eigenvalue weighted by molar-refractivity contribution is 5.69. The Morgan fingerprint density at radius 2 is 1.87 bits per heavy atom. The molecule has 0 spiro atoms. The normalized spacial score (nSPS) is 31.8. The Morgan fingerprint density at radius 3 is 2.43 bits per heavy atom. The van der Waals surface area contributed by atoms with Crippen LogP contribution in [0, 0.1) is 11.3 Å². The molecule has 1 N–H and O–H groups in total. The Hall–Kier alpha value is -0.810. The van der Waals surface area contributed by atoms with Gasteiger partial charge in [0, 0.05) is 25.2 Å². The van der Waals surface area contributed by atoms with Gasteiger partial charge in [-0.15, -0.1) is 0 Å². The molecule has 1 saturated carbocycles. The number of carbonyl (C=O) groups is 1. The molecule has 1 amide bonds. The van der Waals surface area contributed by atoms with E-state index in [1.54, 1.807) is 0 Å². The van der Waals surface area contributed by atoms with E-state index in [2.05, 4.69) is 31.0 Å². The quantitative estimate of drug-likeness (QED) is 0.866. The molecule has 5 nitrogen and oxygen atoms in total. The zero-order valence-corrected chi connectivity index (χ0v) is 15.7. The number of morpholine rings is 1. The molecule has 0 radical (unpaired) electrons. The third-order valence-electron chi connectivity index (χ3n) is 5.79. The van der Waals surface area contributed by atoms with Crippen LogP contribution in [0.1, 0.15) is 54.4 Å². The van der Waals surface area contributed by atoms with Crippen LogP contribution in [0.5, 0.6) is 0 Å². The van der Waals surface area contributed by atoms with Crippen molar-refractivity contribution in [3.8, 4) is 0 Å². The molecule has 2 aliphatic rings. The van der Waals surface area contributed by atoms with E-state index in [4.69, 9.17) is 9.47 Å². The number of hydrogen-bond acceptors (Lipinski definition) is 4. The van der Waals surface area contributed by atoms with Crippen molar-refractivity contribution in [1.82, 2.24) is 10.2 Å². The second kappa shape index (κ2) is 6.60. The van der Waals surface area contributed by atoms with E-state index in [9.17, 15) is 4.79 Å². The van der Waals surface area contributed by atoms with Gasteiger partial charge in [-0.1, -0.05) is 13.8 Å². The summed E-state index contributed by atoms with van der Waals surface area (Å²) in [5.41, 5.74) is -0.662. The first-order valence-corrected chi connectivity index (χ1v) is 8.85. The molecule has 1 aliphatic carbocycles. The van der Waals surface area contributed by atoms with Crippen molar-refractivity contribution in [2.24, 2.45) is 11.3 Å². The van der Waals surface area contributed by atoms with E-state index in [-0.39, 0.29) is 17.0 Å². The van der Waals surface area contributed by atoms with Gasteiger partial charge in [-0.2, -0.15) is 0 Å². The molecule has 134 valence electrons. The molecule has 0 aromatic carbocycles. The number of ether oxygens (including phenoxy) is 2. The number of hydrogen-bond donors (Lipinski definition) is 1. The molecule has 1 saturated heterocycles. The van der Waals surface area contributed by atoms with Crippen LogP contribution >= 0.6 is 0 Å². The third kappa shape index (κ3) is 4.38. The van der Waals surface area contributed by atoms with Crippen LogP contribution in [0.25, 0.3) is 0 Å². The van der Waals surface area contributed by atoms with Crippen molar-refractivity contribution in [3.05, 3.63) is 0 Å². The van der Waals surface area contributed by atoms with Crippen molar-refractivity contribution in [2.45, 2.75) is 65.5 Å². The number of alkyl carbamates (subject to hydrolysis) is 1. The van der Waals surface area contributed by atoms with Crippen molar-refractivity contribution < 1.29 is 14.3 Å². The van der Waals surface area contributed by atoms with Gasteiger partial charge in [0.1, 0.15) is 5.60 Å². The highest BCUT2D eigenvalue weighted by Crippen LogP contribution is 2.50. The summed E-state index contributed by atoms with van der Waals surface area (Å²) in [5, 5.41) is 3.16. The monoisotopic (exact) mass is 326 g/mol. The van der Waals surface area contributed by atoms with Crippen LogP contribution in [0.4, 0.5) is 4.79 Å². The van der Waals surface area contributed by atoms with Crippen molar-refractivity contribution in [1.29, 1.82) is 0 Å².